The third-order valence-corrected chi connectivity index (χ3v) is 8.51. The summed E-state index contributed by atoms with van der Waals surface area (Å²) in [5.41, 5.74) is 0. The molecule has 0 amide bonds. The minimum absolute atomic E-state index is 0.0589. The van der Waals surface area contributed by atoms with Crippen LogP contribution in [0.15, 0.2) is 16.3 Å². The molecule has 1 aliphatic heterocycles. The zero-order chi connectivity index (χ0) is 15.0. The van der Waals surface area contributed by atoms with Crippen molar-refractivity contribution >= 4 is 31.2 Å². The van der Waals surface area contributed by atoms with Crippen LogP contribution in [0.4, 0.5) is 0 Å². The van der Waals surface area contributed by atoms with Crippen LogP contribution in [0, 0.1) is 6.92 Å². The highest BCUT2D eigenvalue weighted by Crippen LogP contribution is 2.29. The van der Waals surface area contributed by atoms with Crippen LogP contribution in [0.5, 0.6) is 0 Å². The van der Waals surface area contributed by atoms with E-state index in [1.165, 1.54) is 15.6 Å². The van der Waals surface area contributed by atoms with Crippen molar-refractivity contribution in [3.8, 4) is 0 Å². The molecule has 0 aliphatic carbocycles. The molecule has 0 N–H and O–H groups in total. The van der Waals surface area contributed by atoms with Crippen LogP contribution in [0.2, 0.25) is 0 Å². The molecular formula is C12H19NO4S3. The van der Waals surface area contributed by atoms with Gasteiger partial charge in [0, 0.05) is 17.5 Å². The third-order valence-electron chi connectivity index (χ3n) is 3.34. The van der Waals surface area contributed by atoms with Crippen molar-refractivity contribution in [2.75, 3.05) is 18.1 Å². The van der Waals surface area contributed by atoms with Crippen molar-refractivity contribution in [1.82, 2.24) is 4.31 Å². The number of sulfonamides is 1. The summed E-state index contributed by atoms with van der Waals surface area (Å²) in [5, 5.41) is 0. The Balaban J connectivity index is 2.33. The topological polar surface area (TPSA) is 71.5 Å². The Hall–Kier alpha value is -0.440. The highest BCUT2D eigenvalue weighted by molar-refractivity contribution is 7.92. The number of rotatable bonds is 5. The number of nitrogens with zero attached hydrogens (tertiary/aromatic N) is 1. The molecular weight excluding hydrogens is 318 g/mol. The van der Waals surface area contributed by atoms with Crippen molar-refractivity contribution in [3.05, 3.63) is 17.0 Å². The van der Waals surface area contributed by atoms with Crippen molar-refractivity contribution in [3.63, 3.8) is 0 Å². The van der Waals surface area contributed by atoms with Gasteiger partial charge in [0.05, 0.1) is 11.5 Å². The number of aryl methyl sites for hydroxylation is 1. The largest absolute Gasteiger partial charge is 0.252 e. The van der Waals surface area contributed by atoms with Crippen LogP contribution >= 0.6 is 11.3 Å². The van der Waals surface area contributed by atoms with E-state index in [1.54, 1.807) is 12.1 Å². The van der Waals surface area contributed by atoms with Crippen LogP contribution < -0.4 is 0 Å². The lowest BCUT2D eigenvalue weighted by Gasteiger charge is -2.26. The lowest BCUT2D eigenvalue weighted by atomic mass is 10.2. The highest BCUT2D eigenvalue weighted by Gasteiger charge is 2.38. The monoisotopic (exact) mass is 337 g/mol. The molecule has 0 saturated carbocycles. The Bertz CT molecular complexity index is 675. The first-order chi connectivity index (χ1) is 9.26. The maximum atomic E-state index is 12.7. The molecule has 0 aromatic carbocycles. The summed E-state index contributed by atoms with van der Waals surface area (Å²) >= 11 is 1.23. The molecule has 8 heteroatoms. The van der Waals surface area contributed by atoms with E-state index in [0.29, 0.717) is 23.6 Å². The molecule has 1 atom stereocenters. The summed E-state index contributed by atoms with van der Waals surface area (Å²) < 4.78 is 50.2. The lowest BCUT2D eigenvalue weighted by Crippen LogP contribution is -2.41. The molecule has 1 fully saturated rings. The molecule has 0 unspecified atom stereocenters. The van der Waals surface area contributed by atoms with E-state index in [-0.39, 0.29) is 11.5 Å². The van der Waals surface area contributed by atoms with Crippen LogP contribution in [0.25, 0.3) is 0 Å². The molecule has 2 heterocycles. The van der Waals surface area contributed by atoms with E-state index in [2.05, 4.69) is 0 Å². The SMILES string of the molecule is CCCN([C@H]1CCS(=O)(=O)C1)S(=O)(=O)c1ccc(C)s1. The summed E-state index contributed by atoms with van der Waals surface area (Å²) in [5.74, 6) is 0.0213. The van der Waals surface area contributed by atoms with Crippen molar-refractivity contribution in [1.29, 1.82) is 0 Å². The van der Waals surface area contributed by atoms with Gasteiger partial charge >= 0.3 is 0 Å². The van der Waals surface area contributed by atoms with Gasteiger partial charge in [0.1, 0.15) is 4.21 Å². The van der Waals surface area contributed by atoms with Crippen LogP contribution in [0.3, 0.4) is 0 Å². The normalized spacial score (nSPS) is 22.4. The molecule has 0 spiro atoms. The first kappa shape index (κ1) is 15.9. The smallest absolute Gasteiger partial charge is 0.229 e. The lowest BCUT2D eigenvalue weighted by molar-refractivity contribution is 0.341. The second-order valence-electron chi connectivity index (χ2n) is 5.04. The summed E-state index contributed by atoms with van der Waals surface area (Å²) in [6.45, 7) is 4.11. The quantitative estimate of drug-likeness (QED) is 0.819. The molecule has 5 nitrogen and oxygen atoms in total. The number of hydrogen-bond acceptors (Lipinski definition) is 5. The standard InChI is InChI=1S/C12H19NO4S3/c1-3-7-13(11-6-8-19(14,15)9-11)20(16,17)12-5-4-10(2)18-12/h4-5,11H,3,6-9H2,1-2H3/t11-/m0/s1. The first-order valence-electron chi connectivity index (χ1n) is 6.55. The maximum Gasteiger partial charge on any atom is 0.252 e. The summed E-state index contributed by atoms with van der Waals surface area (Å²) in [4.78, 5) is 0.930. The van der Waals surface area contributed by atoms with E-state index in [9.17, 15) is 16.8 Å². The Morgan fingerprint density at radius 3 is 2.55 bits per heavy atom. The van der Waals surface area contributed by atoms with E-state index < -0.39 is 25.9 Å². The van der Waals surface area contributed by atoms with Gasteiger partial charge < -0.3 is 0 Å². The van der Waals surface area contributed by atoms with Crippen molar-refractivity contribution < 1.29 is 16.8 Å². The number of thiophene rings is 1. The minimum atomic E-state index is -3.59. The second kappa shape index (κ2) is 5.75. The van der Waals surface area contributed by atoms with Crippen LogP contribution in [-0.4, -0.2) is 45.2 Å². The van der Waals surface area contributed by atoms with Crippen molar-refractivity contribution in [2.24, 2.45) is 0 Å². The maximum absolute atomic E-state index is 12.7. The van der Waals surface area contributed by atoms with E-state index in [0.717, 1.165) is 4.88 Å². The Morgan fingerprint density at radius 1 is 1.40 bits per heavy atom. The first-order valence-corrected chi connectivity index (χ1v) is 10.6. The van der Waals surface area contributed by atoms with E-state index in [1.807, 2.05) is 13.8 Å². The molecule has 20 heavy (non-hydrogen) atoms. The predicted octanol–water partition coefficient (Wildman–Crippen LogP) is 1.64. The molecule has 0 radical (unpaired) electrons. The van der Waals surface area contributed by atoms with Gasteiger partial charge in [-0.3, -0.25) is 0 Å². The number of sulfone groups is 1. The molecule has 1 aliphatic rings. The van der Waals surface area contributed by atoms with Gasteiger partial charge in [-0.2, -0.15) is 4.31 Å². The average molecular weight is 337 g/mol. The van der Waals surface area contributed by atoms with Crippen LogP contribution in [-0.2, 0) is 19.9 Å². The summed E-state index contributed by atoms with van der Waals surface area (Å²) in [6.07, 6.45) is 1.06. The molecule has 1 saturated heterocycles. The average Bonchev–Trinajstić information content (AvgIpc) is 2.92. The van der Waals surface area contributed by atoms with Crippen LogP contribution in [0.1, 0.15) is 24.6 Å². The van der Waals surface area contributed by atoms with E-state index in [4.69, 9.17) is 0 Å². The zero-order valence-electron chi connectivity index (χ0n) is 11.6. The Morgan fingerprint density at radius 2 is 2.10 bits per heavy atom. The van der Waals surface area contributed by atoms with Gasteiger partial charge in [-0.1, -0.05) is 6.92 Å². The Labute approximate surface area is 124 Å². The van der Waals surface area contributed by atoms with Gasteiger partial charge in [0.25, 0.3) is 10.0 Å². The van der Waals surface area contributed by atoms with Gasteiger partial charge in [0.15, 0.2) is 9.84 Å². The minimum Gasteiger partial charge on any atom is -0.229 e. The predicted molar refractivity (Wildman–Crippen MR) is 80.3 cm³/mol. The molecule has 1 aromatic rings. The Kier molecular flexibility index (Phi) is 4.58. The zero-order valence-corrected chi connectivity index (χ0v) is 14.0. The fourth-order valence-corrected chi connectivity index (χ4v) is 7.37. The van der Waals surface area contributed by atoms with Gasteiger partial charge in [0.2, 0.25) is 0 Å². The van der Waals surface area contributed by atoms with E-state index >= 15 is 0 Å². The van der Waals surface area contributed by atoms with Gasteiger partial charge in [-0.05, 0) is 31.9 Å². The van der Waals surface area contributed by atoms with Gasteiger partial charge in [-0.15, -0.1) is 11.3 Å². The molecule has 1 aromatic heterocycles. The molecule has 0 bridgehead atoms. The highest BCUT2D eigenvalue weighted by atomic mass is 32.2. The third kappa shape index (κ3) is 3.24. The number of hydrogen-bond donors (Lipinski definition) is 0. The van der Waals surface area contributed by atoms with Crippen molar-refractivity contribution in [2.45, 2.75) is 36.9 Å². The second-order valence-corrected chi connectivity index (χ2v) is 10.7. The fourth-order valence-electron chi connectivity index (χ4n) is 2.39. The fraction of sp³-hybridized carbons (Fsp3) is 0.667. The van der Waals surface area contributed by atoms with Gasteiger partial charge in [-0.25, -0.2) is 16.8 Å². The molecule has 114 valence electrons. The summed E-state index contributed by atoms with van der Waals surface area (Å²) in [6, 6.07) is 2.95. The summed E-state index contributed by atoms with van der Waals surface area (Å²) in [7, 11) is -6.69. The molecule has 2 rings (SSSR count).